The molecule has 0 aliphatic carbocycles. The largest absolute Gasteiger partial charge is 0.390 e. The van der Waals surface area contributed by atoms with E-state index in [1.54, 1.807) is 24.3 Å². The predicted molar refractivity (Wildman–Crippen MR) is 51.7 cm³/mol. The summed E-state index contributed by atoms with van der Waals surface area (Å²) in [6.45, 7) is 0. The first-order chi connectivity index (χ1) is 6.38. The quantitative estimate of drug-likeness (QED) is 0.874. The third-order valence-corrected chi connectivity index (χ3v) is 2.28. The molecular weight excluding hydrogens is 259 g/mol. The first-order valence-electron chi connectivity index (χ1n) is 3.96. The van der Waals surface area contributed by atoms with E-state index in [2.05, 4.69) is 15.9 Å². The Morgan fingerprint density at radius 1 is 1.21 bits per heavy atom. The lowest BCUT2D eigenvalue weighted by Gasteiger charge is -2.14. The van der Waals surface area contributed by atoms with Crippen LogP contribution >= 0.6 is 15.9 Å². The first-order valence-corrected chi connectivity index (χ1v) is 4.75. The minimum Gasteiger partial charge on any atom is -0.324 e. The predicted octanol–water partition coefficient (Wildman–Crippen LogP) is 3.40. The topological polar surface area (TPSA) is 26.0 Å². The number of nitrogens with two attached hydrogens (primary N) is 1. The molecule has 0 amide bonds. The Labute approximate surface area is 88.2 Å². The van der Waals surface area contributed by atoms with Crippen LogP contribution in [0.4, 0.5) is 13.2 Å². The van der Waals surface area contributed by atoms with Crippen molar-refractivity contribution in [2.45, 2.75) is 18.6 Å². The summed E-state index contributed by atoms with van der Waals surface area (Å²) in [5.74, 6) is 0. The number of rotatable bonds is 2. The average Bonchev–Trinajstić information content (AvgIpc) is 2.02. The molecule has 0 saturated heterocycles. The Morgan fingerprint density at radius 2 is 1.71 bits per heavy atom. The van der Waals surface area contributed by atoms with E-state index >= 15 is 0 Å². The molecule has 78 valence electrons. The van der Waals surface area contributed by atoms with Crippen molar-refractivity contribution in [2.24, 2.45) is 5.73 Å². The molecule has 1 aromatic carbocycles. The van der Waals surface area contributed by atoms with Gasteiger partial charge in [-0.3, -0.25) is 0 Å². The number of hydrogen-bond donors (Lipinski definition) is 1. The lowest BCUT2D eigenvalue weighted by atomic mass is 10.1. The molecule has 14 heavy (non-hydrogen) atoms. The lowest BCUT2D eigenvalue weighted by Crippen LogP contribution is -2.20. The molecule has 0 fully saturated rings. The second-order valence-corrected chi connectivity index (χ2v) is 3.89. The smallest absolute Gasteiger partial charge is 0.324 e. The third kappa shape index (κ3) is 3.67. The van der Waals surface area contributed by atoms with E-state index in [1.807, 2.05) is 0 Å². The zero-order valence-corrected chi connectivity index (χ0v) is 8.77. The van der Waals surface area contributed by atoms with Crippen molar-refractivity contribution in [1.82, 2.24) is 0 Å². The monoisotopic (exact) mass is 267 g/mol. The number of halogens is 4. The summed E-state index contributed by atoms with van der Waals surface area (Å²) >= 11 is 3.19. The zero-order chi connectivity index (χ0) is 10.8. The molecule has 0 spiro atoms. The highest BCUT2D eigenvalue weighted by atomic mass is 79.9. The van der Waals surface area contributed by atoms with Gasteiger partial charge in [0.2, 0.25) is 0 Å². The molecule has 2 N–H and O–H groups in total. The van der Waals surface area contributed by atoms with Crippen LogP contribution in [-0.2, 0) is 0 Å². The van der Waals surface area contributed by atoms with Gasteiger partial charge < -0.3 is 5.73 Å². The van der Waals surface area contributed by atoms with E-state index in [-0.39, 0.29) is 0 Å². The number of hydrogen-bond acceptors (Lipinski definition) is 1. The summed E-state index contributed by atoms with van der Waals surface area (Å²) in [5, 5.41) is 0. The fourth-order valence-corrected chi connectivity index (χ4v) is 1.34. The molecule has 1 nitrogen and oxygen atoms in total. The Kier molecular flexibility index (Phi) is 3.55. The van der Waals surface area contributed by atoms with Gasteiger partial charge in [-0.1, -0.05) is 28.1 Å². The SMILES string of the molecule is NC(CC(F)(F)F)c1ccc(Br)cc1. The van der Waals surface area contributed by atoms with Crippen molar-refractivity contribution in [3.05, 3.63) is 34.3 Å². The van der Waals surface area contributed by atoms with Gasteiger partial charge in [-0.2, -0.15) is 13.2 Å². The van der Waals surface area contributed by atoms with Gasteiger partial charge in [-0.05, 0) is 17.7 Å². The third-order valence-electron chi connectivity index (χ3n) is 1.75. The molecule has 0 saturated carbocycles. The second kappa shape index (κ2) is 4.31. The average molecular weight is 268 g/mol. The maximum absolute atomic E-state index is 12.0. The standard InChI is InChI=1S/C9H9BrF3N/c10-7-3-1-6(2-4-7)8(14)5-9(11,12)13/h1-4,8H,5,14H2. The van der Waals surface area contributed by atoms with E-state index in [9.17, 15) is 13.2 Å². The van der Waals surface area contributed by atoms with Gasteiger partial charge in [0.15, 0.2) is 0 Å². The maximum Gasteiger partial charge on any atom is 0.390 e. The lowest BCUT2D eigenvalue weighted by molar-refractivity contribution is -0.138. The number of benzene rings is 1. The van der Waals surface area contributed by atoms with Crippen LogP contribution < -0.4 is 5.73 Å². The van der Waals surface area contributed by atoms with E-state index in [0.717, 1.165) is 4.47 Å². The Morgan fingerprint density at radius 3 is 2.14 bits per heavy atom. The van der Waals surface area contributed by atoms with Crippen molar-refractivity contribution in [2.75, 3.05) is 0 Å². The summed E-state index contributed by atoms with van der Waals surface area (Å²) in [4.78, 5) is 0. The normalized spacial score (nSPS) is 14.1. The molecule has 0 aliphatic rings. The van der Waals surface area contributed by atoms with Crippen LogP contribution in [0.3, 0.4) is 0 Å². The van der Waals surface area contributed by atoms with Crippen LogP contribution in [0.2, 0.25) is 0 Å². The van der Waals surface area contributed by atoms with E-state index in [4.69, 9.17) is 5.73 Å². The Balaban J connectivity index is 2.70. The molecule has 0 aliphatic heterocycles. The second-order valence-electron chi connectivity index (χ2n) is 2.98. The summed E-state index contributed by atoms with van der Waals surface area (Å²) < 4.78 is 36.8. The van der Waals surface area contributed by atoms with Crippen LogP contribution in [0, 0.1) is 0 Å². The van der Waals surface area contributed by atoms with Crippen molar-refractivity contribution in [3.63, 3.8) is 0 Å². The van der Waals surface area contributed by atoms with Crippen LogP contribution in [0.1, 0.15) is 18.0 Å². The Bertz CT molecular complexity index is 294. The minimum absolute atomic E-state index is 0.491. The Hall–Kier alpha value is -0.550. The summed E-state index contributed by atoms with van der Waals surface area (Å²) in [6.07, 6.45) is -5.21. The van der Waals surface area contributed by atoms with Crippen LogP contribution in [0.25, 0.3) is 0 Å². The van der Waals surface area contributed by atoms with E-state index in [0.29, 0.717) is 5.56 Å². The molecule has 0 bridgehead atoms. The molecule has 0 radical (unpaired) electrons. The van der Waals surface area contributed by atoms with Crippen molar-refractivity contribution in [3.8, 4) is 0 Å². The molecule has 1 unspecified atom stereocenters. The highest BCUT2D eigenvalue weighted by Gasteiger charge is 2.30. The summed E-state index contributed by atoms with van der Waals surface area (Å²) in [5.41, 5.74) is 5.89. The highest BCUT2D eigenvalue weighted by Crippen LogP contribution is 2.28. The van der Waals surface area contributed by atoms with E-state index in [1.165, 1.54) is 0 Å². The van der Waals surface area contributed by atoms with E-state index < -0.39 is 18.6 Å². The molecular formula is C9H9BrF3N. The molecule has 0 heterocycles. The van der Waals surface area contributed by atoms with Crippen LogP contribution in [0.5, 0.6) is 0 Å². The molecule has 1 atom stereocenters. The van der Waals surface area contributed by atoms with Crippen molar-refractivity contribution >= 4 is 15.9 Å². The minimum atomic E-state index is -4.22. The fraction of sp³-hybridized carbons (Fsp3) is 0.333. The maximum atomic E-state index is 12.0. The molecule has 0 aromatic heterocycles. The molecule has 1 aromatic rings. The zero-order valence-electron chi connectivity index (χ0n) is 7.18. The van der Waals surface area contributed by atoms with Crippen LogP contribution in [0.15, 0.2) is 28.7 Å². The van der Waals surface area contributed by atoms with Gasteiger partial charge in [0.1, 0.15) is 0 Å². The van der Waals surface area contributed by atoms with Gasteiger partial charge in [-0.25, -0.2) is 0 Å². The van der Waals surface area contributed by atoms with Gasteiger partial charge in [0.25, 0.3) is 0 Å². The van der Waals surface area contributed by atoms with Gasteiger partial charge in [0, 0.05) is 10.5 Å². The van der Waals surface area contributed by atoms with Crippen molar-refractivity contribution in [1.29, 1.82) is 0 Å². The first kappa shape index (κ1) is 11.5. The van der Waals surface area contributed by atoms with Crippen LogP contribution in [-0.4, -0.2) is 6.18 Å². The number of alkyl halides is 3. The molecule has 1 rings (SSSR count). The summed E-state index contributed by atoms with van der Waals surface area (Å²) in [6, 6.07) is 5.53. The fourth-order valence-electron chi connectivity index (χ4n) is 1.08. The molecule has 5 heteroatoms. The van der Waals surface area contributed by atoms with Crippen molar-refractivity contribution < 1.29 is 13.2 Å². The van der Waals surface area contributed by atoms with Gasteiger partial charge in [-0.15, -0.1) is 0 Å². The summed E-state index contributed by atoms with van der Waals surface area (Å²) in [7, 11) is 0. The highest BCUT2D eigenvalue weighted by molar-refractivity contribution is 9.10. The van der Waals surface area contributed by atoms with Gasteiger partial charge in [0.05, 0.1) is 6.42 Å². The van der Waals surface area contributed by atoms with Gasteiger partial charge >= 0.3 is 6.18 Å².